The number of nitrogens with one attached hydrogen (secondary N) is 2. The SMILES string of the molecule is Cc1c(F)cccc1NC(=O)NC1(C(=O)O)CCOCC1. The van der Waals surface area contributed by atoms with E-state index in [-0.39, 0.29) is 26.1 Å². The fraction of sp³-hybridized carbons (Fsp3) is 0.429. The van der Waals surface area contributed by atoms with Gasteiger partial charge in [-0.05, 0) is 19.1 Å². The van der Waals surface area contributed by atoms with Gasteiger partial charge in [-0.2, -0.15) is 0 Å². The molecular formula is C14H17FN2O4. The molecule has 0 atom stereocenters. The van der Waals surface area contributed by atoms with Gasteiger partial charge in [-0.1, -0.05) is 6.07 Å². The van der Waals surface area contributed by atoms with Crippen molar-refractivity contribution in [3.05, 3.63) is 29.6 Å². The fourth-order valence-electron chi connectivity index (χ4n) is 2.23. The van der Waals surface area contributed by atoms with Crippen LogP contribution in [0.3, 0.4) is 0 Å². The molecule has 0 unspecified atom stereocenters. The Bertz CT molecular complexity index is 556. The highest BCUT2D eigenvalue weighted by Gasteiger charge is 2.41. The summed E-state index contributed by atoms with van der Waals surface area (Å²) >= 11 is 0. The molecule has 21 heavy (non-hydrogen) atoms. The molecule has 1 aromatic rings. The standard InChI is InChI=1S/C14H17FN2O4/c1-9-10(15)3-2-4-11(9)16-13(20)17-14(12(18)19)5-7-21-8-6-14/h2-4H,5-8H2,1H3,(H,18,19)(H2,16,17,20). The van der Waals surface area contributed by atoms with Crippen molar-refractivity contribution in [2.75, 3.05) is 18.5 Å². The maximum absolute atomic E-state index is 13.4. The molecule has 1 aromatic carbocycles. The zero-order valence-corrected chi connectivity index (χ0v) is 11.6. The first-order chi connectivity index (χ1) is 9.94. The molecular weight excluding hydrogens is 279 g/mol. The highest BCUT2D eigenvalue weighted by Crippen LogP contribution is 2.22. The first-order valence-electron chi connectivity index (χ1n) is 6.60. The van der Waals surface area contributed by atoms with Crippen LogP contribution in [0.15, 0.2) is 18.2 Å². The van der Waals surface area contributed by atoms with E-state index in [2.05, 4.69) is 10.6 Å². The van der Waals surface area contributed by atoms with Crippen LogP contribution in [-0.4, -0.2) is 35.9 Å². The Hall–Kier alpha value is -2.15. The molecule has 1 saturated heterocycles. The third kappa shape index (κ3) is 3.30. The lowest BCUT2D eigenvalue weighted by Crippen LogP contribution is -2.58. The van der Waals surface area contributed by atoms with Crippen molar-refractivity contribution in [3.8, 4) is 0 Å². The van der Waals surface area contributed by atoms with Crippen molar-refractivity contribution in [3.63, 3.8) is 0 Å². The Balaban J connectivity index is 2.09. The average molecular weight is 296 g/mol. The molecule has 7 heteroatoms. The Morgan fingerprint density at radius 3 is 2.62 bits per heavy atom. The van der Waals surface area contributed by atoms with Crippen LogP contribution in [0.4, 0.5) is 14.9 Å². The molecule has 3 N–H and O–H groups in total. The number of rotatable bonds is 3. The van der Waals surface area contributed by atoms with Gasteiger partial charge in [0.1, 0.15) is 11.4 Å². The molecule has 2 rings (SSSR count). The van der Waals surface area contributed by atoms with Crippen molar-refractivity contribution in [1.82, 2.24) is 5.32 Å². The third-order valence-corrected chi connectivity index (χ3v) is 3.62. The fourth-order valence-corrected chi connectivity index (χ4v) is 2.23. The predicted octanol–water partition coefficient (Wildman–Crippen LogP) is 1.89. The van der Waals surface area contributed by atoms with Gasteiger partial charge in [0, 0.05) is 37.3 Å². The summed E-state index contributed by atoms with van der Waals surface area (Å²) in [5.74, 6) is -1.54. The summed E-state index contributed by atoms with van der Waals surface area (Å²) < 4.78 is 18.5. The van der Waals surface area contributed by atoms with E-state index in [1.165, 1.54) is 19.1 Å². The maximum Gasteiger partial charge on any atom is 0.329 e. The molecule has 1 aliphatic heterocycles. The number of amides is 2. The summed E-state index contributed by atoms with van der Waals surface area (Å²) in [5, 5.41) is 14.3. The molecule has 0 radical (unpaired) electrons. The van der Waals surface area contributed by atoms with Crippen LogP contribution in [-0.2, 0) is 9.53 Å². The zero-order valence-electron chi connectivity index (χ0n) is 11.6. The average Bonchev–Trinajstić information content (AvgIpc) is 2.44. The number of hydrogen-bond donors (Lipinski definition) is 3. The summed E-state index contributed by atoms with van der Waals surface area (Å²) in [4.78, 5) is 23.4. The molecule has 0 aliphatic carbocycles. The number of carboxylic acid groups (broad SMARTS) is 1. The van der Waals surface area contributed by atoms with Crippen molar-refractivity contribution in [2.45, 2.75) is 25.3 Å². The number of aliphatic carboxylic acids is 1. The van der Waals surface area contributed by atoms with Gasteiger partial charge < -0.3 is 20.5 Å². The molecule has 0 aromatic heterocycles. The molecule has 114 valence electrons. The van der Waals surface area contributed by atoms with E-state index in [1.807, 2.05) is 0 Å². The second kappa shape index (κ2) is 6.09. The van der Waals surface area contributed by atoms with Crippen LogP contribution in [0.5, 0.6) is 0 Å². The Morgan fingerprint density at radius 2 is 2.00 bits per heavy atom. The van der Waals surface area contributed by atoms with Gasteiger partial charge in [-0.25, -0.2) is 14.0 Å². The van der Waals surface area contributed by atoms with Crippen molar-refractivity contribution >= 4 is 17.7 Å². The van der Waals surface area contributed by atoms with Crippen LogP contribution >= 0.6 is 0 Å². The number of benzene rings is 1. The van der Waals surface area contributed by atoms with Crippen molar-refractivity contribution in [1.29, 1.82) is 0 Å². The first-order valence-corrected chi connectivity index (χ1v) is 6.60. The lowest BCUT2D eigenvalue weighted by atomic mass is 9.90. The van der Waals surface area contributed by atoms with Gasteiger partial charge in [0.25, 0.3) is 0 Å². The van der Waals surface area contributed by atoms with E-state index in [0.717, 1.165) is 0 Å². The Kier molecular flexibility index (Phi) is 4.42. The van der Waals surface area contributed by atoms with Gasteiger partial charge in [-0.15, -0.1) is 0 Å². The van der Waals surface area contributed by atoms with Crippen molar-refractivity contribution in [2.24, 2.45) is 0 Å². The lowest BCUT2D eigenvalue weighted by Gasteiger charge is -2.33. The third-order valence-electron chi connectivity index (χ3n) is 3.62. The smallest absolute Gasteiger partial charge is 0.329 e. The minimum atomic E-state index is -1.34. The summed E-state index contributed by atoms with van der Waals surface area (Å²) in [6, 6.07) is 3.64. The van der Waals surface area contributed by atoms with E-state index in [0.29, 0.717) is 11.3 Å². The number of hydrogen-bond acceptors (Lipinski definition) is 3. The van der Waals surface area contributed by atoms with Crippen LogP contribution in [0.25, 0.3) is 0 Å². The quantitative estimate of drug-likeness (QED) is 0.795. The van der Waals surface area contributed by atoms with Gasteiger partial charge in [0.2, 0.25) is 0 Å². The molecule has 6 nitrogen and oxygen atoms in total. The Morgan fingerprint density at radius 1 is 1.33 bits per heavy atom. The molecule has 0 saturated carbocycles. The molecule has 0 bridgehead atoms. The number of carbonyl (C=O) groups is 2. The van der Waals surface area contributed by atoms with E-state index in [4.69, 9.17) is 4.74 Å². The highest BCUT2D eigenvalue weighted by molar-refractivity contribution is 5.94. The number of ether oxygens (including phenoxy) is 1. The lowest BCUT2D eigenvalue weighted by molar-refractivity contribution is -0.148. The number of carboxylic acids is 1. The largest absolute Gasteiger partial charge is 0.480 e. The van der Waals surface area contributed by atoms with E-state index >= 15 is 0 Å². The summed E-state index contributed by atoms with van der Waals surface area (Å²) in [6.07, 6.45) is 0.385. The second-order valence-corrected chi connectivity index (χ2v) is 4.99. The monoisotopic (exact) mass is 296 g/mol. The minimum Gasteiger partial charge on any atom is -0.480 e. The van der Waals surface area contributed by atoms with Crippen LogP contribution in [0, 0.1) is 12.7 Å². The van der Waals surface area contributed by atoms with Gasteiger partial charge >= 0.3 is 12.0 Å². The number of urea groups is 1. The molecule has 2 amide bonds. The molecule has 1 fully saturated rings. The van der Waals surface area contributed by atoms with Crippen molar-refractivity contribution < 1.29 is 23.8 Å². The minimum absolute atomic E-state index is 0.192. The molecule has 1 heterocycles. The maximum atomic E-state index is 13.4. The second-order valence-electron chi connectivity index (χ2n) is 4.99. The van der Waals surface area contributed by atoms with E-state index < -0.39 is 23.4 Å². The number of halogens is 1. The Labute approximate surface area is 121 Å². The highest BCUT2D eigenvalue weighted by atomic mass is 19.1. The van der Waals surface area contributed by atoms with Gasteiger partial charge in [0.05, 0.1) is 0 Å². The van der Waals surface area contributed by atoms with Crippen LogP contribution in [0.1, 0.15) is 18.4 Å². The summed E-state index contributed by atoms with van der Waals surface area (Å²) in [7, 11) is 0. The van der Waals surface area contributed by atoms with E-state index in [1.54, 1.807) is 6.07 Å². The topological polar surface area (TPSA) is 87.7 Å². The number of carbonyl (C=O) groups excluding carboxylic acids is 1. The van der Waals surface area contributed by atoms with Gasteiger partial charge in [0.15, 0.2) is 0 Å². The molecule has 1 aliphatic rings. The van der Waals surface area contributed by atoms with Gasteiger partial charge in [-0.3, -0.25) is 0 Å². The van der Waals surface area contributed by atoms with Crippen LogP contribution in [0.2, 0.25) is 0 Å². The summed E-state index contributed by atoms with van der Waals surface area (Å²) in [6.45, 7) is 2.07. The summed E-state index contributed by atoms with van der Waals surface area (Å²) in [5.41, 5.74) is -0.743. The molecule has 0 spiro atoms. The predicted molar refractivity (Wildman–Crippen MR) is 73.7 cm³/mol. The first kappa shape index (κ1) is 15.2. The number of anilines is 1. The van der Waals surface area contributed by atoms with Crippen LogP contribution < -0.4 is 10.6 Å². The normalized spacial score (nSPS) is 17.0. The van der Waals surface area contributed by atoms with E-state index in [9.17, 15) is 19.1 Å². The zero-order chi connectivity index (χ0) is 15.5.